The van der Waals surface area contributed by atoms with Gasteiger partial charge in [0, 0.05) is 29.2 Å². The number of hydrogen-bond donors (Lipinski definition) is 0. The minimum Gasteiger partial charge on any atom is -0.286 e. The Morgan fingerprint density at radius 3 is 1.72 bits per heavy atom. The van der Waals surface area contributed by atoms with Crippen molar-refractivity contribution in [1.82, 2.24) is 9.21 Å². The highest BCUT2D eigenvalue weighted by atomic mass is 35.5. The van der Waals surface area contributed by atoms with Crippen LogP contribution in [-0.4, -0.2) is 36.3 Å². The van der Waals surface area contributed by atoms with Crippen molar-refractivity contribution in [2.24, 2.45) is 0 Å². The Balaban J connectivity index is 1.50. The zero-order valence-electron chi connectivity index (χ0n) is 21.0. The van der Waals surface area contributed by atoms with Crippen LogP contribution in [0, 0.1) is 11.6 Å². The summed E-state index contributed by atoms with van der Waals surface area (Å²) in [5.41, 5.74) is 2.68. The highest BCUT2D eigenvalue weighted by Crippen LogP contribution is 2.40. The standard InChI is InChI=1S/C30H26Cl2F2N2O2S/c1-20-29(19-35(20)30(22-4-8-24(31)9-5-22)23-6-10-25(32)11-7-23)36(18-21-2-12-26(33)13-3-21)39(37,38)28-16-14-27(34)15-17-28/h2-17,20,29-30H,18-19H2,1H3/t20-,29+/m1/s1. The SMILES string of the molecule is C[C@@H]1[C@@H](N(Cc2ccc(F)cc2)S(=O)(=O)c2ccc(F)cc2)CN1C(c1ccc(Cl)cc1)c1ccc(Cl)cc1. The predicted molar refractivity (Wildman–Crippen MR) is 150 cm³/mol. The first-order chi connectivity index (χ1) is 18.6. The average Bonchev–Trinajstić information content (AvgIpc) is 2.92. The largest absolute Gasteiger partial charge is 0.286 e. The Kier molecular flexibility index (Phi) is 8.08. The first kappa shape index (κ1) is 27.7. The first-order valence-electron chi connectivity index (χ1n) is 12.4. The Morgan fingerprint density at radius 2 is 1.26 bits per heavy atom. The van der Waals surface area contributed by atoms with Gasteiger partial charge in [0.05, 0.1) is 17.0 Å². The van der Waals surface area contributed by atoms with E-state index in [1.807, 2.05) is 55.5 Å². The molecule has 0 spiro atoms. The third-order valence-corrected chi connectivity index (χ3v) is 9.61. The van der Waals surface area contributed by atoms with Crippen molar-refractivity contribution in [3.05, 3.63) is 135 Å². The van der Waals surface area contributed by atoms with Crippen LogP contribution in [0.1, 0.15) is 29.7 Å². The summed E-state index contributed by atoms with van der Waals surface area (Å²) in [6.45, 7) is 2.49. The fraction of sp³-hybridized carbons (Fsp3) is 0.200. The Hall–Kier alpha value is -2.81. The molecule has 4 nitrogen and oxygen atoms in total. The second-order valence-electron chi connectivity index (χ2n) is 9.64. The van der Waals surface area contributed by atoms with Gasteiger partial charge < -0.3 is 0 Å². The number of hydrogen-bond acceptors (Lipinski definition) is 3. The molecule has 0 radical (unpaired) electrons. The van der Waals surface area contributed by atoms with Crippen LogP contribution in [0.2, 0.25) is 10.0 Å². The first-order valence-corrected chi connectivity index (χ1v) is 14.6. The van der Waals surface area contributed by atoms with Gasteiger partial charge in [0.2, 0.25) is 10.0 Å². The van der Waals surface area contributed by atoms with Crippen molar-refractivity contribution in [3.63, 3.8) is 0 Å². The molecule has 39 heavy (non-hydrogen) atoms. The molecule has 0 aliphatic carbocycles. The molecule has 0 aromatic heterocycles. The zero-order chi connectivity index (χ0) is 27.7. The maximum Gasteiger partial charge on any atom is 0.243 e. The van der Waals surface area contributed by atoms with Gasteiger partial charge in [0.15, 0.2) is 0 Å². The molecule has 1 aliphatic rings. The summed E-state index contributed by atoms with van der Waals surface area (Å²) in [6.07, 6.45) is 0. The van der Waals surface area contributed by atoms with E-state index in [-0.39, 0.29) is 29.6 Å². The summed E-state index contributed by atoms with van der Waals surface area (Å²) in [4.78, 5) is 2.23. The number of nitrogens with zero attached hydrogens (tertiary/aromatic N) is 2. The Bertz CT molecular complexity index is 1490. The van der Waals surface area contributed by atoms with Gasteiger partial charge in [-0.1, -0.05) is 59.6 Å². The van der Waals surface area contributed by atoms with Crippen molar-refractivity contribution < 1.29 is 17.2 Å². The Labute approximate surface area is 237 Å². The molecule has 1 fully saturated rings. The molecule has 5 rings (SSSR count). The number of halogens is 4. The lowest BCUT2D eigenvalue weighted by Crippen LogP contribution is -2.66. The Morgan fingerprint density at radius 1 is 0.795 bits per heavy atom. The van der Waals surface area contributed by atoms with E-state index >= 15 is 0 Å². The monoisotopic (exact) mass is 586 g/mol. The molecule has 4 aromatic carbocycles. The molecule has 9 heteroatoms. The molecule has 1 heterocycles. The van der Waals surface area contributed by atoms with Gasteiger partial charge >= 0.3 is 0 Å². The molecule has 2 atom stereocenters. The molecule has 0 amide bonds. The summed E-state index contributed by atoms with van der Waals surface area (Å²) in [7, 11) is -4.00. The third-order valence-electron chi connectivity index (χ3n) is 7.22. The lowest BCUT2D eigenvalue weighted by atomic mass is 9.88. The van der Waals surface area contributed by atoms with Gasteiger partial charge in [-0.05, 0) is 84.3 Å². The van der Waals surface area contributed by atoms with E-state index in [1.54, 1.807) is 12.1 Å². The van der Waals surface area contributed by atoms with Crippen molar-refractivity contribution >= 4 is 33.2 Å². The van der Waals surface area contributed by atoms with E-state index in [9.17, 15) is 17.2 Å². The second kappa shape index (κ2) is 11.4. The lowest BCUT2D eigenvalue weighted by molar-refractivity contribution is -0.0103. The fourth-order valence-corrected chi connectivity index (χ4v) is 6.97. The van der Waals surface area contributed by atoms with Crippen molar-refractivity contribution in [2.75, 3.05) is 6.54 Å². The number of likely N-dealkylation sites (tertiary alicyclic amines) is 1. The summed E-state index contributed by atoms with van der Waals surface area (Å²) in [6, 6.07) is 25.1. The molecule has 1 aliphatic heterocycles. The minimum absolute atomic E-state index is 0.00335. The highest BCUT2D eigenvalue weighted by molar-refractivity contribution is 7.89. The summed E-state index contributed by atoms with van der Waals surface area (Å²) in [5.74, 6) is -0.917. The molecule has 4 aromatic rings. The van der Waals surface area contributed by atoms with E-state index in [0.717, 1.165) is 23.3 Å². The predicted octanol–water partition coefficient (Wildman–Crippen LogP) is 7.32. The summed E-state index contributed by atoms with van der Waals surface area (Å²) < 4.78 is 56.4. The molecular formula is C30H26Cl2F2N2O2S. The number of sulfonamides is 1. The van der Waals surface area contributed by atoms with Crippen LogP contribution in [0.4, 0.5) is 8.78 Å². The van der Waals surface area contributed by atoms with Gasteiger partial charge in [-0.25, -0.2) is 17.2 Å². The normalized spacial score (nSPS) is 17.9. The molecule has 1 saturated heterocycles. The van der Waals surface area contributed by atoms with E-state index < -0.39 is 21.7 Å². The highest BCUT2D eigenvalue weighted by Gasteiger charge is 2.47. The summed E-state index contributed by atoms with van der Waals surface area (Å²) >= 11 is 12.3. The molecule has 0 saturated carbocycles. The molecule has 0 bridgehead atoms. The van der Waals surface area contributed by atoms with Crippen molar-refractivity contribution in [2.45, 2.75) is 36.5 Å². The maximum absolute atomic E-state index is 13.9. The van der Waals surface area contributed by atoms with Crippen LogP contribution in [0.3, 0.4) is 0 Å². The molecular weight excluding hydrogens is 561 g/mol. The number of benzene rings is 4. The zero-order valence-corrected chi connectivity index (χ0v) is 23.3. The van der Waals surface area contributed by atoms with E-state index in [1.165, 1.54) is 28.6 Å². The van der Waals surface area contributed by atoms with Crippen LogP contribution in [-0.2, 0) is 16.6 Å². The smallest absolute Gasteiger partial charge is 0.243 e. The van der Waals surface area contributed by atoms with Gasteiger partial charge in [-0.3, -0.25) is 4.90 Å². The van der Waals surface area contributed by atoms with Crippen LogP contribution < -0.4 is 0 Å². The summed E-state index contributed by atoms with van der Waals surface area (Å²) in [5, 5.41) is 1.25. The van der Waals surface area contributed by atoms with E-state index in [2.05, 4.69) is 4.90 Å². The fourth-order valence-electron chi connectivity index (χ4n) is 5.05. The third kappa shape index (κ3) is 5.88. The van der Waals surface area contributed by atoms with Crippen LogP contribution in [0.25, 0.3) is 0 Å². The second-order valence-corrected chi connectivity index (χ2v) is 12.4. The van der Waals surface area contributed by atoms with Crippen molar-refractivity contribution in [3.8, 4) is 0 Å². The van der Waals surface area contributed by atoms with Gasteiger partial charge in [0.25, 0.3) is 0 Å². The molecule has 0 unspecified atom stereocenters. The molecule has 202 valence electrons. The van der Waals surface area contributed by atoms with Crippen LogP contribution >= 0.6 is 23.2 Å². The topological polar surface area (TPSA) is 40.6 Å². The van der Waals surface area contributed by atoms with E-state index in [0.29, 0.717) is 22.2 Å². The number of rotatable bonds is 8. The maximum atomic E-state index is 13.9. The quantitative estimate of drug-likeness (QED) is 0.217. The van der Waals surface area contributed by atoms with Gasteiger partial charge in [-0.2, -0.15) is 4.31 Å². The van der Waals surface area contributed by atoms with Crippen LogP contribution in [0.15, 0.2) is 102 Å². The van der Waals surface area contributed by atoms with Gasteiger partial charge in [-0.15, -0.1) is 0 Å². The minimum atomic E-state index is -4.00. The van der Waals surface area contributed by atoms with Gasteiger partial charge in [0.1, 0.15) is 11.6 Å². The van der Waals surface area contributed by atoms with Crippen LogP contribution in [0.5, 0.6) is 0 Å². The molecule has 0 N–H and O–H groups in total. The lowest BCUT2D eigenvalue weighted by Gasteiger charge is -2.54. The average molecular weight is 588 g/mol. The van der Waals surface area contributed by atoms with E-state index in [4.69, 9.17) is 23.2 Å². The van der Waals surface area contributed by atoms with Crippen molar-refractivity contribution in [1.29, 1.82) is 0 Å².